The quantitative estimate of drug-likeness (QED) is 0.719. The van der Waals surface area contributed by atoms with Gasteiger partial charge in [-0.2, -0.15) is 5.10 Å². The van der Waals surface area contributed by atoms with E-state index in [-0.39, 0.29) is 16.9 Å². The van der Waals surface area contributed by atoms with Crippen LogP contribution in [-0.2, 0) is 11.3 Å². The Kier molecular flexibility index (Phi) is 3.62. The summed E-state index contributed by atoms with van der Waals surface area (Å²) in [4.78, 5) is 27.0. The molecule has 2 saturated heterocycles. The lowest BCUT2D eigenvalue weighted by molar-refractivity contribution is -0.130. The van der Waals surface area contributed by atoms with E-state index < -0.39 is 0 Å². The van der Waals surface area contributed by atoms with Gasteiger partial charge in [-0.25, -0.2) is 5.10 Å². The van der Waals surface area contributed by atoms with Gasteiger partial charge in [-0.1, -0.05) is 18.2 Å². The van der Waals surface area contributed by atoms with Gasteiger partial charge in [0.15, 0.2) is 0 Å². The third-order valence-corrected chi connectivity index (χ3v) is 5.34. The summed E-state index contributed by atoms with van der Waals surface area (Å²) in [5, 5.41) is 14.4. The van der Waals surface area contributed by atoms with Crippen molar-refractivity contribution in [3.8, 4) is 0 Å². The minimum atomic E-state index is -0.354. The monoisotopic (exact) mass is 327 g/mol. The second-order valence-corrected chi connectivity index (χ2v) is 6.91. The number of amides is 1. The minimum absolute atomic E-state index is 0.0685. The molecule has 2 atom stereocenters. The van der Waals surface area contributed by atoms with Gasteiger partial charge in [0.1, 0.15) is 0 Å². The van der Waals surface area contributed by atoms with E-state index in [1.807, 2.05) is 18.2 Å². The van der Waals surface area contributed by atoms with Gasteiger partial charge < -0.3 is 15.5 Å². The van der Waals surface area contributed by atoms with Crippen molar-refractivity contribution in [3.63, 3.8) is 0 Å². The van der Waals surface area contributed by atoms with Gasteiger partial charge >= 0.3 is 0 Å². The minimum Gasteiger partial charge on any atom is -0.350 e. The van der Waals surface area contributed by atoms with Crippen LogP contribution in [0.4, 0.5) is 0 Å². The van der Waals surface area contributed by atoms with Gasteiger partial charge in [-0.15, -0.1) is 0 Å². The van der Waals surface area contributed by atoms with Gasteiger partial charge in [0, 0.05) is 37.5 Å². The van der Waals surface area contributed by atoms with E-state index in [2.05, 4.69) is 32.8 Å². The van der Waals surface area contributed by atoms with Crippen LogP contribution in [-0.4, -0.2) is 54.2 Å². The van der Waals surface area contributed by atoms with Gasteiger partial charge in [-0.05, 0) is 13.1 Å². The average Bonchev–Trinajstić information content (AvgIpc) is 3.11. The van der Waals surface area contributed by atoms with E-state index in [9.17, 15) is 9.59 Å². The molecule has 7 nitrogen and oxygen atoms in total. The van der Waals surface area contributed by atoms with E-state index in [0.717, 1.165) is 25.0 Å². The van der Waals surface area contributed by atoms with Gasteiger partial charge in [0.2, 0.25) is 5.91 Å². The standard InChI is InChI=1S/C17H21N5O2/c1-22-8-11-6-18-9-17(11,10-22)16(24)19-7-14-12-4-2-3-5-13(12)15(23)21-20-14/h2-5,11,18H,6-10H2,1H3,(H,19,24)(H,21,23)/t11-,17-/m0/s1. The third-order valence-electron chi connectivity index (χ3n) is 5.34. The summed E-state index contributed by atoms with van der Waals surface area (Å²) in [6.07, 6.45) is 0. The number of rotatable bonds is 3. The molecule has 126 valence electrons. The topological polar surface area (TPSA) is 90.1 Å². The smallest absolute Gasteiger partial charge is 0.272 e. The van der Waals surface area contributed by atoms with E-state index in [4.69, 9.17) is 0 Å². The Balaban J connectivity index is 1.56. The molecule has 2 aromatic rings. The first-order chi connectivity index (χ1) is 11.6. The maximum atomic E-state index is 12.9. The molecule has 2 aliphatic heterocycles. The molecule has 7 heteroatoms. The van der Waals surface area contributed by atoms with Crippen LogP contribution in [0.1, 0.15) is 5.69 Å². The molecule has 0 bridgehead atoms. The molecule has 1 aromatic carbocycles. The number of hydrogen-bond donors (Lipinski definition) is 3. The lowest BCUT2D eigenvalue weighted by Gasteiger charge is -2.26. The predicted octanol–water partition coefficient (Wildman–Crippen LogP) is -0.309. The number of aromatic amines is 1. The molecule has 3 N–H and O–H groups in total. The second-order valence-electron chi connectivity index (χ2n) is 6.91. The lowest BCUT2D eigenvalue weighted by Crippen LogP contribution is -2.47. The van der Waals surface area contributed by atoms with Crippen LogP contribution < -0.4 is 16.2 Å². The normalized spacial score (nSPS) is 26.6. The molecular formula is C17H21N5O2. The van der Waals surface area contributed by atoms with Crippen molar-refractivity contribution in [2.75, 3.05) is 33.2 Å². The fourth-order valence-electron chi connectivity index (χ4n) is 4.14. The van der Waals surface area contributed by atoms with Crippen LogP contribution in [0, 0.1) is 11.3 Å². The van der Waals surface area contributed by atoms with Crippen LogP contribution in [0.15, 0.2) is 29.1 Å². The highest BCUT2D eigenvalue weighted by Crippen LogP contribution is 2.38. The highest BCUT2D eigenvalue weighted by molar-refractivity contribution is 5.86. The van der Waals surface area contributed by atoms with E-state index in [1.165, 1.54) is 0 Å². The van der Waals surface area contributed by atoms with Gasteiger partial charge in [0.25, 0.3) is 5.56 Å². The Morgan fingerprint density at radius 1 is 1.42 bits per heavy atom. The number of fused-ring (bicyclic) bond motifs is 2. The summed E-state index contributed by atoms with van der Waals surface area (Å²) in [7, 11) is 2.06. The fraction of sp³-hybridized carbons (Fsp3) is 0.471. The number of benzene rings is 1. The maximum Gasteiger partial charge on any atom is 0.272 e. The summed E-state index contributed by atoms with van der Waals surface area (Å²) in [6, 6.07) is 7.32. The highest BCUT2D eigenvalue weighted by atomic mass is 16.2. The summed E-state index contributed by atoms with van der Waals surface area (Å²) < 4.78 is 0. The lowest BCUT2D eigenvalue weighted by atomic mass is 9.80. The summed E-state index contributed by atoms with van der Waals surface area (Å²) in [6.45, 7) is 3.64. The number of H-pyrrole nitrogens is 1. The molecule has 0 saturated carbocycles. The van der Waals surface area contributed by atoms with Crippen LogP contribution in [0.5, 0.6) is 0 Å². The van der Waals surface area contributed by atoms with E-state index in [1.54, 1.807) is 6.07 Å². The van der Waals surface area contributed by atoms with Crippen molar-refractivity contribution in [1.29, 1.82) is 0 Å². The largest absolute Gasteiger partial charge is 0.350 e. The summed E-state index contributed by atoms with van der Waals surface area (Å²) in [5.41, 5.74) is 0.118. The number of carbonyl (C=O) groups is 1. The average molecular weight is 327 g/mol. The zero-order chi connectivity index (χ0) is 16.7. The molecule has 1 amide bonds. The van der Waals surface area contributed by atoms with Crippen LogP contribution in [0.25, 0.3) is 10.8 Å². The first kappa shape index (κ1) is 15.3. The fourth-order valence-corrected chi connectivity index (χ4v) is 4.14. The molecule has 2 fully saturated rings. The molecule has 2 aliphatic rings. The van der Waals surface area contributed by atoms with Crippen molar-refractivity contribution in [2.24, 2.45) is 11.3 Å². The Morgan fingerprint density at radius 3 is 3.04 bits per heavy atom. The summed E-state index contributed by atoms with van der Waals surface area (Å²) in [5.74, 6) is 0.418. The first-order valence-electron chi connectivity index (χ1n) is 8.24. The Morgan fingerprint density at radius 2 is 2.21 bits per heavy atom. The summed E-state index contributed by atoms with van der Waals surface area (Å²) >= 11 is 0. The van der Waals surface area contributed by atoms with Crippen molar-refractivity contribution >= 4 is 16.7 Å². The maximum absolute atomic E-state index is 12.9. The number of nitrogens with one attached hydrogen (secondary N) is 3. The molecular weight excluding hydrogens is 306 g/mol. The first-order valence-corrected chi connectivity index (χ1v) is 8.24. The second kappa shape index (κ2) is 5.68. The molecule has 0 unspecified atom stereocenters. The van der Waals surface area contributed by atoms with Crippen LogP contribution in [0.2, 0.25) is 0 Å². The molecule has 4 rings (SSSR count). The Hall–Kier alpha value is -2.25. The zero-order valence-electron chi connectivity index (χ0n) is 13.6. The Bertz CT molecular complexity index is 848. The van der Waals surface area contributed by atoms with Crippen LogP contribution in [0.3, 0.4) is 0 Å². The number of aromatic nitrogens is 2. The molecule has 0 spiro atoms. The van der Waals surface area contributed by atoms with Crippen molar-refractivity contribution in [3.05, 3.63) is 40.3 Å². The van der Waals surface area contributed by atoms with Crippen LogP contribution >= 0.6 is 0 Å². The SMILES string of the molecule is CN1C[C@@H]2CNC[C@]2(C(=O)NCc2n[nH]c(=O)c3ccccc23)C1. The predicted molar refractivity (Wildman–Crippen MR) is 90.5 cm³/mol. The molecule has 1 aromatic heterocycles. The molecule has 3 heterocycles. The van der Waals surface area contributed by atoms with E-state index >= 15 is 0 Å². The van der Waals surface area contributed by atoms with Crippen molar-refractivity contribution in [1.82, 2.24) is 25.7 Å². The van der Waals surface area contributed by atoms with E-state index in [0.29, 0.717) is 30.1 Å². The van der Waals surface area contributed by atoms with Crippen molar-refractivity contribution in [2.45, 2.75) is 6.54 Å². The molecule has 24 heavy (non-hydrogen) atoms. The van der Waals surface area contributed by atoms with Gasteiger partial charge in [0.05, 0.1) is 23.0 Å². The number of hydrogen-bond acceptors (Lipinski definition) is 5. The zero-order valence-corrected chi connectivity index (χ0v) is 13.6. The molecule has 0 aliphatic carbocycles. The number of nitrogens with zero attached hydrogens (tertiary/aromatic N) is 2. The highest BCUT2D eigenvalue weighted by Gasteiger charge is 2.53. The number of likely N-dealkylation sites (tertiary alicyclic amines) is 1. The molecule has 0 radical (unpaired) electrons. The van der Waals surface area contributed by atoms with Gasteiger partial charge in [-0.3, -0.25) is 9.59 Å². The number of carbonyl (C=O) groups excluding carboxylic acids is 1. The van der Waals surface area contributed by atoms with Crippen molar-refractivity contribution < 1.29 is 4.79 Å². The third kappa shape index (κ3) is 2.32. The Labute approximate surface area is 139 Å².